The summed E-state index contributed by atoms with van der Waals surface area (Å²) in [6, 6.07) is 12.2. The molecule has 0 saturated carbocycles. The van der Waals surface area contributed by atoms with Gasteiger partial charge >= 0.3 is 5.97 Å². The Morgan fingerprint density at radius 2 is 1.88 bits per heavy atom. The lowest BCUT2D eigenvalue weighted by atomic mass is 10.1. The van der Waals surface area contributed by atoms with Gasteiger partial charge in [-0.05, 0) is 56.2 Å². The van der Waals surface area contributed by atoms with E-state index in [2.05, 4.69) is 5.32 Å². The van der Waals surface area contributed by atoms with E-state index in [1.807, 2.05) is 19.9 Å². The molecule has 6 heteroatoms. The maximum Gasteiger partial charge on any atom is 0.303 e. The topological polar surface area (TPSA) is 84.9 Å². The van der Waals surface area contributed by atoms with Crippen LogP contribution in [0.2, 0.25) is 0 Å². The highest BCUT2D eigenvalue weighted by atomic mass is 16.5. The lowest BCUT2D eigenvalue weighted by molar-refractivity contribution is -0.136. The van der Waals surface area contributed by atoms with E-state index in [-0.39, 0.29) is 18.4 Å². The van der Waals surface area contributed by atoms with Crippen LogP contribution in [0.15, 0.2) is 42.5 Å². The van der Waals surface area contributed by atoms with Crippen LogP contribution in [-0.2, 0) is 11.2 Å². The quantitative estimate of drug-likeness (QED) is 0.751. The summed E-state index contributed by atoms with van der Waals surface area (Å²) >= 11 is 0. The smallest absolute Gasteiger partial charge is 0.303 e. The fraction of sp³-hybridized carbons (Fsp3) is 0.300. The van der Waals surface area contributed by atoms with E-state index >= 15 is 0 Å². The molecule has 2 rings (SSSR count). The van der Waals surface area contributed by atoms with Crippen LogP contribution in [-0.4, -0.2) is 30.2 Å². The zero-order valence-electron chi connectivity index (χ0n) is 15.1. The molecule has 0 fully saturated rings. The number of rotatable bonds is 8. The Bertz CT molecular complexity index is 786. The predicted molar refractivity (Wildman–Crippen MR) is 99.1 cm³/mol. The lowest BCUT2D eigenvalue weighted by Crippen LogP contribution is -2.13. The van der Waals surface area contributed by atoms with Gasteiger partial charge in [0.25, 0.3) is 5.91 Å². The molecule has 0 spiro atoms. The Morgan fingerprint density at radius 1 is 1.12 bits per heavy atom. The highest BCUT2D eigenvalue weighted by Crippen LogP contribution is 2.29. The lowest BCUT2D eigenvalue weighted by Gasteiger charge is -2.14. The van der Waals surface area contributed by atoms with Crippen LogP contribution in [0.3, 0.4) is 0 Å². The Morgan fingerprint density at radius 3 is 2.54 bits per heavy atom. The van der Waals surface area contributed by atoms with Crippen LogP contribution in [0.25, 0.3) is 0 Å². The molecule has 0 aliphatic heterocycles. The third-order valence-corrected chi connectivity index (χ3v) is 3.60. The normalized spacial score (nSPS) is 10.5. The molecule has 0 saturated heterocycles. The maximum atomic E-state index is 12.5. The predicted octanol–water partition coefficient (Wildman–Crippen LogP) is 3.75. The first-order valence-corrected chi connectivity index (χ1v) is 8.36. The molecule has 0 aromatic heterocycles. The van der Waals surface area contributed by atoms with Crippen molar-refractivity contribution in [1.82, 2.24) is 0 Å². The first-order chi connectivity index (χ1) is 12.4. The number of amides is 1. The summed E-state index contributed by atoms with van der Waals surface area (Å²) in [6.07, 6.45) is 0.456. The summed E-state index contributed by atoms with van der Waals surface area (Å²) in [5, 5.41) is 11.6. The van der Waals surface area contributed by atoms with Crippen LogP contribution >= 0.6 is 0 Å². The van der Waals surface area contributed by atoms with Crippen molar-refractivity contribution < 1.29 is 24.2 Å². The van der Waals surface area contributed by atoms with Crippen molar-refractivity contribution in [3.05, 3.63) is 53.6 Å². The number of carboxylic acid groups (broad SMARTS) is 1. The fourth-order valence-electron chi connectivity index (χ4n) is 2.42. The second kappa shape index (κ2) is 8.89. The van der Waals surface area contributed by atoms with Gasteiger partial charge in [-0.2, -0.15) is 0 Å². The summed E-state index contributed by atoms with van der Waals surface area (Å²) in [6.45, 7) is 3.83. The zero-order valence-corrected chi connectivity index (χ0v) is 15.1. The van der Waals surface area contributed by atoms with E-state index in [4.69, 9.17) is 14.6 Å². The molecule has 0 radical (unpaired) electrons. The van der Waals surface area contributed by atoms with E-state index in [1.165, 1.54) is 7.11 Å². The number of carbonyl (C=O) groups is 2. The van der Waals surface area contributed by atoms with Gasteiger partial charge in [0.15, 0.2) is 11.5 Å². The molecule has 0 heterocycles. The van der Waals surface area contributed by atoms with Gasteiger partial charge in [-0.1, -0.05) is 12.1 Å². The molecule has 138 valence electrons. The van der Waals surface area contributed by atoms with Gasteiger partial charge in [-0.25, -0.2) is 0 Å². The second-order valence-corrected chi connectivity index (χ2v) is 6.08. The summed E-state index contributed by atoms with van der Waals surface area (Å²) in [5.41, 5.74) is 1.90. The number of methoxy groups -OCH3 is 1. The first-order valence-electron chi connectivity index (χ1n) is 8.36. The third kappa shape index (κ3) is 5.51. The fourth-order valence-corrected chi connectivity index (χ4v) is 2.42. The molecule has 0 aliphatic rings. The zero-order chi connectivity index (χ0) is 19.1. The van der Waals surface area contributed by atoms with Crippen molar-refractivity contribution in [2.45, 2.75) is 32.8 Å². The van der Waals surface area contributed by atoms with Crippen LogP contribution in [0.1, 0.15) is 36.2 Å². The van der Waals surface area contributed by atoms with Gasteiger partial charge in [-0.15, -0.1) is 0 Å². The molecule has 0 atom stereocenters. The molecule has 2 N–H and O–H groups in total. The number of hydrogen-bond donors (Lipinski definition) is 2. The molecule has 0 unspecified atom stereocenters. The van der Waals surface area contributed by atoms with Gasteiger partial charge in [0.2, 0.25) is 0 Å². The number of aliphatic carboxylic acids is 1. The summed E-state index contributed by atoms with van der Waals surface area (Å²) in [4.78, 5) is 23.2. The molecule has 26 heavy (non-hydrogen) atoms. The Kier molecular flexibility index (Phi) is 6.60. The highest BCUT2D eigenvalue weighted by Gasteiger charge is 2.12. The molecule has 6 nitrogen and oxygen atoms in total. The minimum atomic E-state index is -0.852. The standard InChI is InChI=1S/C20H23NO5/c1-13(2)26-17-9-8-15(12-18(17)25-3)20(24)21-16-6-4-5-14(11-16)7-10-19(22)23/h4-6,8-9,11-13H,7,10H2,1-3H3,(H,21,24)(H,22,23). The van der Waals surface area contributed by atoms with Crippen molar-refractivity contribution in [3.63, 3.8) is 0 Å². The van der Waals surface area contributed by atoms with Crippen molar-refractivity contribution >= 4 is 17.6 Å². The maximum absolute atomic E-state index is 12.5. The second-order valence-electron chi connectivity index (χ2n) is 6.08. The number of nitrogens with one attached hydrogen (secondary N) is 1. The van der Waals surface area contributed by atoms with Crippen LogP contribution in [0.5, 0.6) is 11.5 Å². The van der Waals surface area contributed by atoms with Gasteiger partial charge < -0.3 is 19.9 Å². The third-order valence-electron chi connectivity index (χ3n) is 3.60. The molecular weight excluding hydrogens is 334 g/mol. The highest BCUT2D eigenvalue weighted by molar-refractivity contribution is 6.04. The first kappa shape index (κ1) is 19.3. The van der Waals surface area contributed by atoms with Crippen LogP contribution in [0.4, 0.5) is 5.69 Å². The average Bonchev–Trinajstić information content (AvgIpc) is 2.60. The molecule has 0 bridgehead atoms. The van der Waals surface area contributed by atoms with Crippen LogP contribution < -0.4 is 14.8 Å². The van der Waals surface area contributed by atoms with Crippen molar-refractivity contribution in [1.29, 1.82) is 0 Å². The number of carboxylic acids is 1. The average molecular weight is 357 g/mol. The van der Waals surface area contributed by atoms with Crippen molar-refractivity contribution in [3.8, 4) is 11.5 Å². The minimum Gasteiger partial charge on any atom is -0.493 e. The summed E-state index contributed by atoms with van der Waals surface area (Å²) in [5.74, 6) is -0.0682. The number of benzene rings is 2. The van der Waals surface area contributed by atoms with E-state index in [0.29, 0.717) is 29.2 Å². The number of anilines is 1. The minimum absolute atomic E-state index is 0.00267. The van der Waals surface area contributed by atoms with Gasteiger partial charge in [0.05, 0.1) is 13.2 Å². The van der Waals surface area contributed by atoms with E-state index in [1.54, 1.807) is 36.4 Å². The summed E-state index contributed by atoms with van der Waals surface area (Å²) < 4.78 is 10.9. The SMILES string of the molecule is COc1cc(C(=O)Nc2cccc(CCC(=O)O)c2)ccc1OC(C)C. The Labute approximate surface area is 152 Å². The monoisotopic (exact) mass is 357 g/mol. The Balaban J connectivity index is 2.12. The number of ether oxygens (including phenoxy) is 2. The van der Waals surface area contributed by atoms with E-state index < -0.39 is 5.97 Å². The van der Waals surface area contributed by atoms with E-state index in [0.717, 1.165) is 5.56 Å². The van der Waals surface area contributed by atoms with Gasteiger partial charge in [0, 0.05) is 17.7 Å². The molecule has 2 aromatic rings. The molecule has 2 aromatic carbocycles. The summed E-state index contributed by atoms with van der Waals surface area (Å²) in [7, 11) is 1.52. The number of hydrogen-bond acceptors (Lipinski definition) is 4. The van der Waals surface area contributed by atoms with Gasteiger partial charge in [0.1, 0.15) is 0 Å². The van der Waals surface area contributed by atoms with E-state index in [9.17, 15) is 9.59 Å². The van der Waals surface area contributed by atoms with Crippen molar-refractivity contribution in [2.75, 3.05) is 12.4 Å². The van der Waals surface area contributed by atoms with Crippen molar-refractivity contribution in [2.24, 2.45) is 0 Å². The molecule has 1 amide bonds. The van der Waals surface area contributed by atoms with Gasteiger partial charge in [-0.3, -0.25) is 9.59 Å². The molecular formula is C20H23NO5. The molecule has 0 aliphatic carbocycles. The van der Waals surface area contributed by atoms with Crippen LogP contribution in [0, 0.1) is 0 Å². The Hall–Kier alpha value is -3.02. The number of aryl methyl sites for hydroxylation is 1. The largest absolute Gasteiger partial charge is 0.493 e. The number of carbonyl (C=O) groups excluding carboxylic acids is 1.